The second-order valence-electron chi connectivity index (χ2n) is 3.25. The van der Waals surface area contributed by atoms with Crippen LogP contribution in [0.4, 0.5) is 10.1 Å². The van der Waals surface area contributed by atoms with Gasteiger partial charge in [0.2, 0.25) is 5.91 Å². The second-order valence-corrected chi connectivity index (χ2v) is 3.69. The molecule has 0 aliphatic rings. The van der Waals surface area contributed by atoms with Crippen LogP contribution in [0.25, 0.3) is 0 Å². The molecule has 0 aliphatic carbocycles. The molecule has 88 valence electrons. The highest BCUT2D eigenvalue weighted by molar-refractivity contribution is 6.30. The van der Waals surface area contributed by atoms with E-state index in [-0.39, 0.29) is 11.7 Å². The Morgan fingerprint density at radius 2 is 2.25 bits per heavy atom. The molecular formula is C11H14ClFN2O. The fourth-order valence-electron chi connectivity index (χ4n) is 1.23. The number of benzene rings is 1. The maximum atomic E-state index is 13.2. The lowest BCUT2D eigenvalue weighted by Gasteiger charge is -2.07. The Morgan fingerprint density at radius 1 is 1.50 bits per heavy atom. The van der Waals surface area contributed by atoms with E-state index in [1.807, 2.05) is 6.92 Å². The van der Waals surface area contributed by atoms with Crippen LogP contribution < -0.4 is 10.6 Å². The average molecular weight is 245 g/mol. The largest absolute Gasteiger partial charge is 0.382 e. The summed E-state index contributed by atoms with van der Waals surface area (Å²) in [5, 5.41) is 5.94. The first-order valence-corrected chi connectivity index (χ1v) is 5.47. The SMILES string of the molecule is CCNC(=O)CCNc1cc(Cl)ccc1F. The fraction of sp³-hybridized carbons (Fsp3) is 0.364. The molecule has 0 radical (unpaired) electrons. The molecule has 0 aliphatic heterocycles. The predicted molar refractivity (Wildman–Crippen MR) is 63.2 cm³/mol. The minimum Gasteiger partial charge on any atom is -0.382 e. The lowest BCUT2D eigenvalue weighted by atomic mass is 10.3. The van der Waals surface area contributed by atoms with Gasteiger partial charge in [-0.2, -0.15) is 0 Å². The van der Waals surface area contributed by atoms with Gasteiger partial charge in [-0.05, 0) is 25.1 Å². The zero-order chi connectivity index (χ0) is 12.0. The molecule has 1 aromatic rings. The average Bonchev–Trinajstić information content (AvgIpc) is 2.23. The van der Waals surface area contributed by atoms with E-state index < -0.39 is 0 Å². The Morgan fingerprint density at radius 3 is 2.94 bits per heavy atom. The first-order valence-electron chi connectivity index (χ1n) is 5.09. The summed E-state index contributed by atoms with van der Waals surface area (Å²) in [5.41, 5.74) is 0.316. The summed E-state index contributed by atoms with van der Waals surface area (Å²) in [7, 11) is 0. The van der Waals surface area contributed by atoms with Crippen LogP contribution in [0, 0.1) is 5.82 Å². The number of nitrogens with one attached hydrogen (secondary N) is 2. The topological polar surface area (TPSA) is 41.1 Å². The van der Waals surface area contributed by atoms with E-state index in [4.69, 9.17) is 11.6 Å². The van der Waals surface area contributed by atoms with Crippen molar-refractivity contribution in [1.29, 1.82) is 0 Å². The maximum Gasteiger partial charge on any atom is 0.221 e. The number of hydrogen-bond donors (Lipinski definition) is 2. The third-order valence-electron chi connectivity index (χ3n) is 1.97. The Hall–Kier alpha value is -1.29. The lowest BCUT2D eigenvalue weighted by molar-refractivity contribution is -0.120. The Bertz CT molecular complexity index is 371. The van der Waals surface area contributed by atoms with Crippen molar-refractivity contribution < 1.29 is 9.18 Å². The van der Waals surface area contributed by atoms with Crippen molar-refractivity contribution >= 4 is 23.2 Å². The zero-order valence-corrected chi connectivity index (χ0v) is 9.77. The van der Waals surface area contributed by atoms with Crippen molar-refractivity contribution in [2.24, 2.45) is 0 Å². The van der Waals surface area contributed by atoms with E-state index in [2.05, 4.69) is 10.6 Å². The van der Waals surface area contributed by atoms with Crippen LogP contribution in [0.15, 0.2) is 18.2 Å². The number of halogens is 2. The zero-order valence-electron chi connectivity index (χ0n) is 9.02. The molecular weight excluding hydrogens is 231 g/mol. The third-order valence-corrected chi connectivity index (χ3v) is 2.20. The molecule has 16 heavy (non-hydrogen) atoms. The van der Waals surface area contributed by atoms with Gasteiger partial charge in [0.25, 0.3) is 0 Å². The number of anilines is 1. The van der Waals surface area contributed by atoms with E-state index >= 15 is 0 Å². The lowest BCUT2D eigenvalue weighted by Crippen LogP contribution is -2.24. The molecule has 0 unspecified atom stereocenters. The van der Waals surface area contributed by atoms with Gasteiger partial charge in [0, 0.05) is 24.5 Å². The van der Waals surface area contributed by atoms with Gasteiger partial charge >= 0.3 is 0 Å². The van der Waals surface area contributed by atoms with Gasteiger partial charge in [-0.3, -0.25) is 4.79 Å². The summed E-state index contributed by atoms with van der Waals surface area (Å²) in [4.78, 5) is 11.1. The molecule has 1 amide bonds. The third kappa shape index (κ3) is 4.06. The Labute approximate surface area is 99.0 Å². The van der Waals surface area contributed by atoms with E-state index in [9.17, 15) is 9.18 Å². The molecule has 1 aromatic carbocycles. The minimum absolute atomic E-state index is 0.0579. The smallest absolute Gasteiger partial charge is 0.221 e. The van der Waals surface area contributed by atoms with Crippen molar-refractivity contribution in [2.45, 2.75) is 13.3 Å². The summed E-state index contributed by atoms with van der Waals surface area (Å²) in [6.07, 6.45) is 0.305. The highest BCUT2D eigenvalue weighted by Crippen LogP contribution is 2.19. The second kappa shape index (κ2) is 6.33. The van der Waals surface area contributed by atoms with E-state index in [0.717, 1.165) is 0 Å². The molecule has 2 N–H and O–H groups in total. The molecule has 0 fully saturated rings. The van der Waals surface area contributed by atoms with Crippen molar-refractivity contribution in [3.05, 3.63) is 29.0 Å². The van der Waals surface area contributed by atoms with Gasteiger partial charge in [-0.1, -0.05) is 11.6 Å². The van der Waals surface area contributed by atoms with Crippen LogP contribution in [0.3, 0.4) is 0 Å². The predicted octanol–water partition coefficient (Wildman–Crippen LogP) is 2.42. The minimum atomic E-state index is -0.375. The number of amides is 1. The molecule has 0 bridgehead atoms. The van der Waals surface area contributed by atoms with E-state index in [1.165, 1.54) is 18.2 Å². The molecule has 0 aromatic heterocycles. The Kier molecular flexibility index (Phi) is 5.05. The standard InChI is InChI=1S/C11H14ClFN2O/c1-2-14-11(16)5-6-15-10-7-8(12)3-4-9(10)13/h3-4,7,15H,2,5-6H2,1H3,(H,14,16). The van der Waals surface area contributed by atoms with Crippen LogP contribution in [-0.4, -0.2) is 19.0 Å². The van der Waals surface area contributed by atoms with Gasteiger partial charge in [-0.15, -0.1) is 0 Å². The normalized spacial score (nSPS) is 9.94. The number of carbonyl (C=O) groups excluding carboxylic acids is 1. The Balaban J connectivity index is 2.42. The van der Waals surface area contributed by atoms with Crippen LogP contribution in [0.1, 0.15) is 13.3 Å². The van der Waals surface area contributed by atoms with E-state index in [1.54, 1.807) is 0 Å². The van der Waals surface area contributed by atoms with Gasteiger partial charge in [0.1, 0.15) is 5.82 Å². The molecule has 0 saturated carbocycles. The molecule has 0 saturated heterocycles. The highest BCUT2D eigenvalue weighted by Gasteiger charge is 2.03. The van der Waals surface area contributed by atoms with Crippen molar-refractivity contribution in [1.82, 2.24) is 5.32 Å². The highest BCUT2D eigenvalue weighted by atomic mass is 35.5. The molecule has 3 nitrogen and oxygen atoms in total. The molecule has 0 spiro atoms. The van der Waals surface area contributed by atoms with Gasteiger partial charge in [0.05, 0.1) is 5.69 Å². The number of hydrogen-bond acceptors (Lipinski definition) is 2. The quantitative estimate of drug-likeness (QED) is 0.835. The van der Waals surface area contributed by atoms with E-state index in [0.29, 0.717) is 30.2 Å². The summed E-state index contributed by atoms with van der Waals surface area (Å²) in [6.45, 7) is 2.83. The van der Waals surface area contributed by atoms with Crippen LogP contribution in [0.5, 0.6) is 0 Å². The van der Waals surface area contributed by atoms with Crippen LogP contribution in [-0.2, 0) is 4.79 Å². The summed E-state index contributed by atoms with van der Waals surface area (Å²) >= 11 is 5.72. The number of carbonyl (C=O) groups is 1. The molecule has 1 rings (SSSR count). The van der Waals surface area contributed by atoms with Crippen LogP contribution >= 0.6 is 11.6 Å². The number of rotatable bonds is 5. The monoisotopic (exact) mass is 244 g/mol. The molecule has 0 heterocycles. The van der Waals surface area contributed by atoms with Gasteiger partial charge in [-0.25, -0.2) is 4.39 Å². The van der Waals surface area contributed by atoms with Gasteiger partial charge < -0.3 is 10.6 Å². The fourth-order valence-corrected chi connectivity index (χ4v) is 1.40. The summed E-state index contributed by atoms with van der Waals surface area (Å²) in [6, 6.07) is 4.26. The summed E-state index contributed by atoms with van der Waals surface area (Å²) in [5.74, 6) is -0.433. The first kappa shape index (κ1) is 12.8. The summed E-state index contributed by atoms with van der Waals surface area (Å²) < 4.78 is 13.2. The molecule has 5 heteroatoms. The van der Waals surface area contributed by atoms with Crippen molar-refractivity contribution in [3.63, 3.8) is 0 Å². The maximum absolute atomic E-state index is 13.2. The first-order chi connectivity index (χ1) is 7.63. The van der Waals surface area contributed by atoms with Gasteiger partial charge in [0.15, 0.2) is 0 Å². The van der Waals surface area contributed by atoms with Crippen molar-refractivity contribution in [2.75, 3.05) is 18.4 Å². The van der Waals surface area contributed by atoms with Crippen LogP contribution in [0.2, 0.25) is 5.02 Å². The molecule has 0 atom stereocenters. The van der Waals surface area contributed by atoms with Crippen molar-refractivity contribution in [3.8, 4) is 0 Å².